The van der Waals surface area contributed by atoms with Crippen molar-refractivity contribution in [3.05, 3.63) is 23.5 Å². The molecule has 8 nitrogen and oxygen atoms in total. The predicted octanol–water partition coefficient (Wildman–Crippen LogP) is -1.41. The molecule has 0 heterocycles. The molecule has 1 amide bonds. The molecule has 7 unspecified atom stereocenters. The summed E-state index contributed by atoms with van der Waals surface area (Å²) in [6.45, 7) is 3.17. The second kappa shape index (κ2) is 5.48. The minimum Gasteiger partial charge on any atom is -0.508 e. The smallest absolute Gasteiger partial charge is 0.230 e. The molecule has 3 rings (SSSR count). The Kier molecular flexibility index (Phi) is 3.90. The topological polar surface area (TPSA) is 158 Å². The Bertz CT molecular complexity index is 727. The van der Waals surface area contributed by atoms with E-state index in [2.05, 4.69) is 0 Å². The van der Waals surface area contributed by atoms with Crippen molar-refractivity contribution in [1.82, 2.24) is 0 Å². The highest BCUT2D eigenvalue weighted by Crippen LogP contribution is 2.51. The Morgan fingerprint density at radius 2 is 1.80 bits per heavy atom. The summed E-state index contributed by atoms with van der Waals surface area (Å²) in [7, 11) is 0. The first-order valence-corrected chi connectivity index (χ1v) is 8.13. The normalized spacial score (nSPS) is 46.7. The van der Waals surface area contributed by atoms with Crippen molar-refractivity contribution < 1.29 is 34.8 Å². The van der Waals surface area contributed by atoms with Crippen LogP contribution in [0.25, 0.3) is 0 Å². The third-order valence-corrected chi connectivity index (χ3v) is 5.95. The van der Waals surface area contributed by atoms with Gasteiger partial charge in [-0.2, -0.15) is 0 Å². The Labute approximate surface area is 143 Å². The van der Waals surface area contributed by atoms with E-state index in [0.29, 0.717) is 0 Å². The number of allylic oxidation sites excluding steroid dienone is 2. The molecular weight excluding hydrogens is 330 g/mol. The number of primary amides is 1. The van der Waals surface area contributed by atoms with Crippen LogP contribution < -0.4 is 5.73 Å². The second-order valence-electron chi connectivity index (χ2n) is 7.25. The number of amides is 1. The SMILES string of the molecule is CC1C=CC(O)=C2C(=O)[C@]3(O)C(=O)C(C(N)=O)C(O)C(C)C3C(O)C21. The molecule has 0 aromatic carbocycles. The molecule has 8 atom stereocenters. The first kappa shape index (κ1) is 17.8. The van der Waals surface area contributed by atoms with Crippen LogP contribution in [0.5, 0.6) is 0 Å². The largest absolute Gasteiger partial charge is 0.508 e. The zero-order valence-electron chi connectivity index (χ0n) is 13.8. The lowest BCUT2D eigenvalue weighted by atomic mass is 9.51. The fourth-order valence-electron chi connectivity index (χ4n) is 4.64. The van der Waals surface area contributed by atoms with Gasteiger partial charge in [0, 0.05) is 17.4 Å². The molecular formula is C17H21NO7. The number of hydrogen-bond acceptors (Lipinski definition) is 7. The van der Waals surface area contributed by atoms with E-state index in [1.54, 1.807) is 13.0 Å². The number of ketones is 2. The maximum Gasteiger partial charge on any atom is 0.230 e. The summed E-state index contributed by atoms with van der Waals surface area (Å²) >= 11 is 0. The van der Waals surface area contributed by atoms with Gasteiger partial charge in [-0.05, 0) is 17.9 Å². The van der Waals surface area contributed by atoms with Crippen LogP contribution in [0.3, 0.4) is 0 Å². The van der Waals surface area contributed by atoms with Gasteiger partial charge < -0.3 is 26.2 Å². The van der Waals surface area contributed by atoms with Gasteiger partial charge in [0.05, 0.1) is 12.2 Å². The summed E-state index contributed by atoms with van der Waals surface area (Å²) in [5, 5.41) is 42.2. The zero-order valence-corrected chi connectivity index (χ0v) is 13.8. The van der Waals surface area contributed by atoms with Crippen LogP contribution in [0.15, 0.2) is 23.5 Å². The summed E-state index contributed by atoms with van der Waals surface area (Å²) < 4.78 is 0. The van der Waals surface area contributed by atoms with Gasteiger partial charge in [-0.1, -0.05) is 19.9 Å². The van der Waals surface area contributed by atoms with E-state index in [9.17, 15) is 34.8 Å². The first-order chi connectivity index (χ1) is 11.5. The van der Waals surface area contributed by atoms with Gasteiger partial charge in [0.25, 0.3) is 0 Å². The van der Waals surface area contributed by atoms with Crippen molar-refractivity contribution in [2.45, 2.75) is 31.7 Å². The molecule has 0 radical (unpaired) electrons. The number of Topliss-reactive ketones (excluding diaryl/α,β-unsaturated/α-hetero) is 2. The number of aliphatic hydroxyl groups is 4. The Morgan fingerprint density at radius 1 is 1.20 bits per heavy atom. The van der Waals surface area contributed by atoms with Crippen LogP contribution in [0.2, 0.25) is 0 Å². The predicted molar refractivity (Wildman–Crippen MR) is 83.8 cm³/mol. The lowest BCUT2D eigenvalue weighted by Gasteiger charge is -2.54. The van der Waals surface area contributed by atoms with Crippen LogP contribution in [-0.2, 0) is 14.4 Å². The minimum absolute atomic E-state index is 0.235. The highest BCUT2D eigenvalue weighted by atomic mass is 16.3. The molecule has 25 heavy (non-hydrogen) atoms. The number of hydrogen-bond donors (Lipinski definition) is 5. The van der Waals surface area contributed by atoms with Gasteiger partial charge in [0.1, 0.15) is 11.7 Å². The van der Waals surface area contributed by atoms with Crippen LogP contribution in [-0.4, -0.2) is 55.7 Å². The summed E-state index contributed by atoms with van der Waals surface area (Å²) in [6, 6.07) is 0. The molecule has 6 N–H and O–H groups in total. The van der Waals surface area contributed by atoms with Crippen molar-refractivity contribution in [2.75, 3.05) is 0 Å². The maximum atomic E-state index is 13.0. The number of nitrogens with two attached hydrogens (primary N) is 1. The van der Waals surface area contributed by atoms with Crippen LogP contribution in [0.4, 0.5) is 0 Å². The molecule has 0 spiro atoms. The molecule has 0 aromatic rings. The van der Waals surface area contributed by atoms with Crippen molar-refractivity contribution in [2.24, 2.45) is 35.3 Å². The zero-order chi connectivity index (χ0) is 18.8. The fourth-order valence-corrected chi connectivity index (χ4v) is 4.64. The number of fused-ring (bicyclic) bond motifs is 2. The van der Waals surface area contributed by atoms with Crippen molar-refractivity contribution >= 4 is 17.5 Å². The average molecular weight is 351 g/mol. The lowest BCUT2D eigenvalue weighted by Crippen LogP contribution is -2.73. The average Bonchev–Trinajstić information content (AvgIpc) is 2.53. The molecule has 2 fully saturated rings. The third-order valence-electron chi connectivity index (χ3n) is 5.95. The van der Waals surface area contributed by atoms with E-state index in [1.165, 1.54) is 13.0 Å². The number of rotatable bonds is 1. The van der Waals surface area contributed by atoms with Crippen molar-refractivity contribution in [3.63, 3.8) is 0 Å². The highest BCUT2D eigenvalue weighted by molar-refractivity contribution is 6.23. The Balaban J connectivity index is 2.22. The third kappa shape index (κ3) is 2.08. The monoisotopic (exact) mass is 351 g/mol. The first-order valence-electron chi connectivity index (χ1n) is 8.13. The molecule has 0 saturated heterocycles. The standard InChI is InChI=1S/C17H21NO7/c1-5-3-4-7(19)9-8(5)13(21)11-6(2)12(20)10(16(18)24)15(23)17(11,25)14(9)22/h3-6,8,10-13,19-21,25H,1-2H3,(H2,18,24)/t5?,6?,8?,10?,11?,12?,13?,17-/m0/s1. The molecule has 3 aliphatic carbocycles. The molecule has 0 aromatic heterocycles. The van der Waals surface area contributed by atoms with Crippen LogP contribution >= 0.6 is 0 Å². The van der Waals surface area contributed by atoms with Gasteiger partial charge in [-0.3, -0.25) is 14.4 Å². The van der Waals surface area contributed by atoms with E-state index in [0.717, 1.165) is 0 Å². The van der Waals surface area contributed by atoms with E-state index < -0.39 is 64.7 Å². The Hall–Kier alpha value is -2.03. The molecule has 3 aliphatic rings. The van der Waals surface area contributed by atoms with Crippen molar-refractivity contribution in [1.29, 1.82) is 0 Å². The summed E-state index contributed by atoms with van der Waals surface area (Å²) in [5.74, 6) is -9.04. The summed E-state index contributed by atoms with van der Waals surface area (Å²) in [4.78, 5) is 37.3. The van der Waals surface area contributed by atoms with E-state index in [4.69, 9.17) is 5.73 Å². The van der Waals surface area contributed by atoms with Gasteiger partial charge in [0.15, 0.2) is 11.4 Å². The van der Waals surface area contributed by atoms with E-state index >= 15 is 0 Å². The summed E-state index contributed by atoms with van der Waals surface area (Å²) in [5.41, 5.74) is 2.22. The highest BCUT2D eigenvalue weighted by Gasteiger charge is 2.69. The molecule has 8 heteroatoms. The van der Waals surface area contributed by atoms with Crippen LogP contribution in [0, 0.1) is 29.6 Å². The number of carbonyl (C=O) groups excluding carboxylic acids is 3. The van der Waals surface area contributed by atoms with Gasteiger partial charge in [0.2, 0.25) is 11.7 Å². The molecule has 0 aliphatic heterocycles. The number of carbonyl (C=O) groups is 3. The lowest BCUT2D eigenvalue weighted by molar-refractivity contribution is -0.197. The van der Waals surface area contributed by atoms with Gasteiger partial charge in [-0.25, -0.2) is 0 Å². The van der Waals surface area contributed by atoms with Gasteiger partial charge >= 0.3 is 0 Å². The molecule has 2 saturated carbocycles. The molecule has 136 valence electrons. The second-order valence-corrected chi connectivity index (χ2v) is 7.25. The van der Waals surface area contributed by atoms with Crippen molar-refractivity contribution in [3.8, 4) is 0 Å². The Morgan fingerprint density at radius 3 is 2.36 bits per heavy atom. The van der Waals surface area contributed by atoms with E-state index in [1.807, 2.05) is 0 Å². The maximum absolute atomic E-state index is 13.0. The minimum atomic E-state index is -2.72. The summed E-state index contributed by atoms with van der Waals surface area (Å²) in [6.07, 6.45) is -0.00175. The van der Waals surface area contributed by atoms with E-state index in [-0.39, 0.29) is 11.5 Å². The van der Waals surface area contributed by atoms with Gasteiger partial charge in [-0.15, -0.1) is 0 Å². The number of aliphatic hydroxyl groups excluding tert-OH is 3. The van der Waals surface area contributed by atoms with Crippen LogP contribution in [0.1, 0.15) is 13.8 Å². The fraction of sp³-hybridized carbons (Fsp3) is 0.588. The molecule has 0 bridgehead atoms. The quantitative estimate of drug-likeness (QED) is 0.363.